The van der Waals surface area contributed by atoms with E-state index in [0.29, 0.717) is 12.0 Å². The van der Waals surface area contributed by atoms with Crippen molar-refractivity contribution in [3.8, 4) is 0 Å². The molecule has 1 heterocycles. The fraction of sp³-hybridized carbons (Fsp3) is 0.933. The SMILES string of the molecule is CC1CC(C(=O)OC2CCC(C)C(C)C2)CCN1. The Balaban J connectivity index is 1.80. The Kier molecular flexibility index (Phi) is 4.66. The predicted octanol–water partition coefficient (Wildman–Crippen LogP) is 2.74. The Labute approximate surface area is 111 Å². The average Bonchev–Trinajstić information content (AvgIpc) is 2.34. The van der Waals surface area contributed by atoms with Crippen LogP contribution in [-0.4, -0.2) is 24.7 Å². The van der Waals surface area contributed by atoms with Gasteiger partial charge >= 0.3 is 5.97 Å². The Morgan fingerprint density at radius 3 is 2.50 bits per heavy atom. The van der Waals surface area contributed by atoms with Gasteiger partial charge in [0, 0.05) is 6.04 Å². The van der Waals surface area contributed by atoms with Crippen LogP contribution >= 0.6 is 0 Å². The molecule has 3 heteroatoms. The molecule has 2 rings (SSSR count). The van der Waals surface area contributed by atoms with Crippen molar-refractivity contribution in [1.82, 2.24) is 5.32 Å². The molecule has 1 saturated carbocycles. The van der Waals surface area contributed by atoms with Gasteiger partial charge in [-0.25, -0.2) is 0 Å². The zero-order valence-electron chi connectivity index (χ0n) is 11.9. The summed E-state index contributed by atoms with van der Waals surface area (Å²) in [6, 6.07) is 0.446. The summed E-state index contributed by atoms with van der Waals surface area (Å²) in [5.41, 5.74) is 0. The Morgan fingerprint density at radius 1 is 1.06 bits per heavy atom. The van der Waals surface area contributed by atoms with Crippen LogP contribution in [0.2, 0.25) is 0 Å². The molecule has 5 unspecified atom stereocenters. The lowest BCUT2D eigenvalue weighted by Gasteiger charge is -2.33. The van der Waals surface area contributed by atoms with Crippen LogP contribution in [-0.2, 0) is 9.53 Å². The summed E-state index contributed by atoms with van der Waals surface area (Å²) < 4.78 is 5.73. The fourth-order valence-electron chi connectivity index (χ4n) is 3.21. The lowest BCUT2D eigenvalue weighted by atomic mass is 9.80. The number of nitrogens with one attached hydrogen (secondary N) is 1. The maximum absolute atomic E-state index is 12.2. The Morgan fingerprint density at radius 2 is 1.83 bits per heavy atom. The molecule has 1 saturated heterocycles. The molecule has 2 aliphatic rings. The van der Waals surface area contributed by atoms with E-state index in [1.165, 1.54) is 6.42 Å². The van der Waals surface area contributed by atoms with E-state index < -0.39 is 0 Å². The molecule has 0 radical (unpaired) electrons. The van der Waals surface area contributed by atoms with Gasteiger partial charge < -0.3 is 10.1 Å². The first-order chi connectivity index (χ1) is 8.56. The minimum atomic E-state index is 0.0510. The molecule has 0 bridgehead atoms. The van der Waals surface area contributed by atoms with E-state index in [9.17, 15) is 4.79 Å². The van der Waals surface area contributed by atoms with E-state index in [2.05, 4.69) is 26.1 Å². The first kappa shape index (κ1) is 13.9. The topological polar surface area (TPSA) is 38.3 Å². The second-order valence-electron chi connectivity index (χ2n) is 6.40. The van der Waals surface area contributed by atoms with Gasteiger partial charge in [-0.3, -0.25) is 4.79 Å². The maximum Gasteiger partial charge on any atom is 0.309 e. The number of hydrogen-bond donors (Lipinski definition) is 1. The van der Waals surface area contributed by atoms with Crippen molar-refractivity contribution >= 4 is 5.97 Å². The predicted molar refractivity (Wildman–Crippen MR) is 72.2 cm³/mol. The van der Waals surface area contributed by atoms with Crippen LogP contribution in [0.25, 0.3) is 0 Å². The van der Waals surface area contributed by atoms with Gasteiger partial charge in [0.1, 0.15) is 6.10 Å². The summed E-state index contributed by atoms with van der Waals surface area (Å²) in [4.78, 5) is 12.2. The van der Waals surface area contributed by atoms with Crippen LogP contribution in [0, 0.1) is 17.8 Å². The van der Waals surface area contributed by atoms with Gasteiger partial charge in [-0.2, -0.15) is 0 Å². The van der Waals surface area contributed by atoms with Gasteiger partial charge in [-0.1, -0.05) is 13.8 Å². The quantitative estimate of drug-likeness (QED) is 0.769. The number of carbonyl (C=O) groups is 1. The second-order valence-corrected chi connectivity index (χ2v) is 6.40. The summed E-state index contributed by atoms with van der Waals surface area (Å²) in [6.07, 6.45) is 5.33. The summed E-state index contributed by atoms with van der Waals surface area (Å²) in [5, 5.41) is 3.38. The number of rotatable bonds is 2. The molecule has 18 heavy (non-hydrogen) atoms. The van der Waals surface area contributed by atoms with Crippen molar-refractivity contribution in [3.63, 3.8) is 0 Å². The molecule has 0 spiro atoms. The van der Waals surface area contributed by atoms with Crippen molar-refractivity contribution in [2.75, 3.05) is 6.54 Å². The number of ether oxygens (including phenoxy) is 1. The number of carbonyl (C=O) groups excluding carboxylic acids is 1. The second kappa shape index (κ2) is 6.05. The maximum atomic E-state index is 12.2. The third kappa shape index (κ3) is 3.47. The average molecular weight is 253 g/mol. The number of esters is 1. The third-order valence-electron chi connectivity index (χ3n) is 4.79. The van der Waals surface area contributed by atoms with E-state index in [1.54, 1.807) is 0 Å². The Hall–Kier alpha value is -0.570. The molecule has 1 aliphatic carbocycles. The highest BCUT2D eigenvalue weighted by Crippen LogP contribution is 2.31. The van der Waals surface area contributed by atoms with Gasteiger partial charge in [0.2, 0.25) is 0 Å². The minimum absolute atomic E-state index is 0.0510. The summed E-state index contributed by atoms with van der Waals surface area (Å²) in [5.74, 6) is 1.63. The molecule has 1 aliphatic heterocycles. The van der Waals surface area contributed by atoms with E-state index in [-0.39, 0.29) is 18.0 Å². The van der Waals surface area contributed by atoms with Crippen LogP contribution in [0.15, 0.2) is 0 Å². The van der Waals surface area contributed by atoms with Crippen LogP contribution in [0.5, 0.6) is 0 Å². The van der Waals surface area contributed by atoms with Gasteiger partial charge in [-0.05, 0) is 57.4 Å². The molecule has 2 fully saturated rings. The Bertz CT molecular complexity index is 292. The van der Waals surface area contributed by atoms with Crippen LogP contribution in [0.4, 0.5) is 0 Å². The lowest BCUT2D eigenvalue weighted by Crippen LogP contribution is -2.40. The summed E-state index contributed by atoms with van der Waals surface area (Å²) in [6.45, 7) is 7.66. The standard InChI is InChI=1S/C15H27NO2/c1-10-4-5-14(8-11(10)2)18-15(17)13-6-7-16-12(3)9-13/h10-14,16H,4-9H2,1-3H3. The van der Waals surface area contributed by atoms with Gasteiger partial charge in [0.15, 0.2) is 0 Å². The van der Waals surface area contributed by atoms with Crippen molar-refractivity contribution in [2.24, 2.45) is 17.8 Å². The van der Waals surface area contributed by atoms with Gasteiger partial charge in [0.25, 0.3) is 0 Å². The van der Waals surface area contributed by atoms with Crippen molar-refractivity contribution in [3.05, 3.63) is 0 Å². The first-order valence-corrected chi connectivity index (χ1v) is 7.50. The van der Waals surface area contributed by atoms with E-state index in [1.807, 2.05) is 0 Å². The monoisotopic (exact) mass is 253 g/mol. The third-order valence-corrected chi connectivity index (χ3v) is 4.79. The van der Waals surface area contributed by atoms with Gasteiger partial charge in [-0.15, -0.1) is 0 Å². The minimum Gasteiger partial charge on any atom is -0.462 e. The number of piperidine rings is 1. The molecule has 0 amide bonds. The van der Waals surface area contributed by atoms with E-state index >= 15 is 0 Å². The van der Waals surface area contributed by atoms with E-state index in [4.69, 9.17) is 4.74 Å². The van der Waals surface area contributed by atoms with Crippen LogP contribution in [0.3, 0.4) is 0 Å². The highest BCUT2D eigenvalue weighted by atomic mass is 16.5. The fourth-order valence-corrected chi connectivity index (χ4v) is 3.21. The normalized spacial score (nSPS) is 41.4. The zero-order chi connectivity index (χ0) is 13.1. The van der Waals surface area contributed by atoms with Crippen molar-refractivity contribution in [1.29, 1.82) is 0 Å². The number of hydrogen-bond acceptors (Lipinski definition) is 3. The molecule has 104 valence electrons. The van der Waals surface area contributed by atoms with Crippen LogP contribution < -0.4 is 5.32 Å². The molecule has 3 nitrogen and oxygen atoms in total. The first-order valence-electron chi connectivity index (χ1n) is 7.50. The summed E-state index contributed by atoms with van der Waals surface area (Å²) in [7, 11) is 0. The largest absolute Gasteiger partial charge is 0.462 e. The molecule has 1 N–H and O–H groups in total. The zero-order valence-corrected chi connectivity index (χ0v) is 11.9. The van der Waals surface area contributed by atoms with Crippen molar-refractivity contribution < 1.29 is 9.53 Å². The highest BCUT2D eigenvalue weighted by Gasteiger charge is 2.31. The molecular weight excluding hydrogens is 226 g/mol. The molecule has 5 atom stereocenters. The molecular formula is C15H27NO2. The van der Waals surface area contributed by atoms with Crippen LogP contribution in [0.1, 0.15) is 52.9 Å². The lowest BCUT2D eigenvalue weighted by molar-refractivity contribution is -0.158. The highest BCUT2D eigenvalue weighted by molar-refractivity contribution is 5.72. The van der Waals surface area contributed by atoms with Gasteiger partial charge in [0.05, 0.1) is 5.92 Å². The molecule has 0 aromatic rings. The van der Waals surface area contributed by atoms with E-state index in [0.717, 1.165) is 38.1 Å². The summed E-state index contributed by atoms with van der Waals surface area (Å²) >= 11 is 0. The smallest absolute Gasteiger partial charge is 0.309 e. The molecule has 0 aromatic carbocycles. The molecule has 0 aromatic heterocycles. The van der Waals surface area contributed by atoms with Crippen molar-refractivity contribution in [2.45, 2.75) is 65.0 Å².